The highest BCUT2D eigenvalue weighted by Gasteiger charge is 2.26. The number of ketones is 1. The van der Waals surface area contributed by atoms with Gasteiger partial charge in [0, 0.05) is 24.9 Å². The maximum absolute atomic E-state index is 12.0. The predicted octanol–water partition coefficient (Wildman–Crippen LogP) is 4.19. The largest absolute Gasteiger partial charge is 0.480 e. The minimum atomic E-state index is -0.975. The first-order valence-corrected chi connectivity index (χ1v) is 11.0. The number of imidazole rings is 1. The van der Waals surface area contributed by atoms with Crippen molar-refractivity contribution in [1.82, 2.24) is 14.9 Å². The number of nitrogens with zero attached hydrogens (tertiary/aromatic N) is 2. The second-order valence-corrected chi connectivity index (χ2v) is 8.59. The smallest absolute Gasteiger partial charge is 0.321 e. The molecule has 3 rings (SSSR count). The van der Waals surface area contributed by atoms with Crippen LogP contribution >= 0.6 is 0 Å². The average molecular weight is 434 g/mol. The number of benzene rings is 2. The molecule has 0 aliphatic heterocycles. The van der Waals surface area contributed by atoms with E-state index in [-0.39, 0.29) is 18.1 Å². The molecule has 1 aromatic heterocycles. The number of hydrogen-bond donors (Lipinski definition) is 2. The number of nitrogens with one attached hydrogen (secondary N) is 1. The zero-order valence-electron chi connectivity index (χ0n) is 18.9. The fourth-order valence-corrected chi connectivity index (χ4v) is 3.89. The number of rotatable bonds is 11. The molecule has 32 heavy (non-hydrogen) atoms. The summed E-state index contributed by atoms with van der Waals surface area (Å²) in [5.41, 5.74) is 4.20. The zero-order chi connectivity index (χ0) is 23.1. The molecule has 2 N–H and O–H groups in total. The van der Waals surface area contributed by atoms with Crippen molar-refractivity contribution in [3.05, 3.63) is 78.4 Å². The van der Waals surface area contributed by atoms with E-state index in [1.165, 1.54) is 6.92 Å². The molecule has 2 atom stereocenters. The molecule has 3 aromatic rings. The van der Waals surface area contributed by atoms with E-state index < -0.39 is 18.1 Å². The molecule has 0 radical (unpaired) electrons. The van der Waals surface area contributed by atoms with Crippen molar-refractivity contribution >= 4 is 11.8 Å². The van der Waals surface area contributed by atoms with Gasteiger partial charge in [-0.3, -0.25) is 14.9 Å². The highest BCUT2D eigenvalue weighted by Crippen LogP contribution is 2.24. The Labute approximate surface area is 189 Å². The number of hydrogen-bond acceptors (Lipinski definition) is 4. The topological polar surface area (TPSA) is 84.2 Å². The normalized spacial score (nSPS) is 13.1. The standard InChI is InChI=1S/C26H31N3O3/c1-18(2)13-24(19(3)30)28-25(26(31)32)14-22-15-27-17-29(22)16-21-11-7-8-12-23(21)20-9-5-4-6-10-20/h4-12,15,17-18,24-25,28H,13-14,16H2,1-3H3,(H,31,32). The summed E-state index contributed by atoms with van der Waals surface area (Å²) in [5, 5.41) is 12.9. The van der Waals surface area contributed by atoms with Gasteiger partial charge in [0.05, 0.1) is 12.4 Å². The molecular weight excluding hydrogens is 402 g/mol. The molecule has 0 amide bonds. The lowest BCUT2D eigenvalue weighted by Gasteiger charge is -2.23. The van der Waals surface area contributed by atoms with Gasteiger partial charge in [-0.05, 0) is 36.0 Å². The van der Waals surface area contributed by atoms with E-state index in [1.807, 2.05) is 48.7 Å². The molecule has 6 nitrogen and oxygen atoms in total. The molecule has 0 aliphatic carbocycles. The molecular formula is C26H31N3O3. The van der Waals surface area contributed by atoms with Gasteiger partial charge in [0.1, 0.15) is 11.8 Å². The lowest BCUT2D eigenvalue weighted by molar-refractivity contribution is -0.139. The third kappa shape index (κ3) is 6.14. The van der Waals surface area contributed by atoms with E-state index in [4.69, 9.17) is 0 Å². The fraction of sp³-hybridized carbons (Fsp3) is 0.346. The Balaban J connectivity index is 1.81. The maximum atomic E-state index is 12.0. The molecule has 0 saturated heterocycles. The molecule has 0 bridgehead atoms. The highest BCUT2D eigenvalue weighted by molar-refractivity contribution is 5.83. The fourth-order valence-electron chi connectivity index (χ4n) is 3.89. The van der Waals surface area contributed by atoms with E-state index in [9.17, 15) is 14.7 Å². The number of carbonyl (C=O) groups is 2. The van der Waals surface area contributed by atoms with Crippen LogP contribution in [0.2, 0.25) is 0 Å². The van der Waals surface area contributed by atoms with Crippen molar-refractivity contribution < 1.29 is 14.7 Å². The molecule has 0 fully saturated rings. The SMILES string of the molecule is CC(=O)C(CC(C)C)NC(Cc1cncn1Cc1ccccc1-c1ccccc1)C(=O)O. The Hall–Kier alpha value is -3.25. The lowest BCUT2D eigenvalue weighted by Crippen LogP contribution is -2.48. The highest BCUT2D eigenvalue weighted by atomic mass is 16.4. The molecule has 6 heteroatoms. The monoisotopic (exact) mass is 433 g/mol. The van der Waals surface area contributed by atoms with Crippen LogP contribution in [-0.4, -0.2) is 38.5 Å². The first-order valence-electron chi connectivity index (χ1n) is 11.0. The number of carboxylic acid groups (broad SMARTS) is 1. The molecule has 2 aromatic carbocycles. The first-order chi connectivity index (χ1) is 15.3. The summed E-state index contributed by atoms with van der Waals surface area (Å²) in [5.74, 6) is -0.737. The summed E-state index contributed by atoms with van der Waals surface area (Å²) in [6, 6.07) is 17.0. The van der Waals surface area contributed by atoms with Crippen LogP contribution in [0.5, 0.6) is 0 Å². The van der Waals surface area contributed by atoms with Gasteiger partial charge in [-0.25, -0.2) is 4.98 Å². The minimum Gasteiger partial charge on any atom is -0.480 e. The van der Waals surface area contributed by atoms with Crippen LogP contribution < -0.4 is 5.32 Å². The third-order valence-electron chi connectivity index (χ3n) is 5.55. The van der Waals surface area contributed by atoms with E-state index in [1.54, 1.807) is 12.5 Å². The average Bonchev–Trinajstić information content (AvgIpc) is 3.19. The first kappa shape index (κ1) is 23.4. The van der Waals surface area contributed by atoms with Gasteiger partial charge in [-0.15, -0.1) is 0 Å². The summed E-state index contributed by atoms with van der Waals surface area (Å²) in [6.07, 6.45) is 4.27. The van der Waals surface area contributed by atoms with Crippen LogP contribution in [0.1, 0.15) is 38.4 Å². The van der Waals surface area contributed by atoms with Crippen molar-refractivity contribution in [1.29, 1.82) is 0 Å². The summed E-state index contributed by atoms with van der Waals surface area (Å²) in [6.45, 7) is 6.12. The molecule has 1 heterocycles. The molecule has 0 spiro atoms. The van der Waals surface area contributed by atoms with Crippen molar-refractivity contribution in [3.63, 3.8) is 0 Å². The zero-order valence-corrected chi connectivity index (χ0v) is 18.9. The Kier molecular flexibility index (Phi) is 7.95. The van der Waals surface area contributed by atoms with Gasteiger partial charge in [-0.2, -0.15) is 0 Å². The molecule has 0 saturated carbocycles. The quantitative estimate of drug-likeness (QED) is 0.474. The van der Waals surface area contributed by atoms with Crippen LogP contribution in [0.15, 0.2) is 67.1 Å². The summed E-state index contributed by atoms with van der Waals surface area (Å²) >= 11 is 0. The number of aliphatic carboxylic acids is 1. The van der Waals surface area contributed by atoms with Gasteiger partial charge < -0.3 is 9.67 Å². The van der Waals surface area contributed by atoms with E-state index in [0.29, 0.717) is 13.0 Å². The summed E-state index contributed by atoms with van der Waals surface area (Å²) in [4.78, 5) is 28.3. The van der Waals surface area contributed by atoms with Crippen molar-refractivity contribution in [2.45, 2.75) is 52.2 Å². The lowest BCUT2D eigenvalue weighted by atomic mass is 9.99. The van der Waals surface area contributed by atoms with Gasteiger partial charge in [0.25, 0.3) is 0 Å². The van der Waals surface area contributed by atoms with Crippen LogP contribution in [0.4, 0.5) is 0 Å². The van der Waals surface area contributed by atoms with E-state index >= 15 is 0 Å². The minimum absolute atomic E-state index is 0.0461. The Morgan fingerprint density at radius 1 is 1.03 bits per heavy atom. The number of carbonyl (C=O) groups excluding carboxylic acids is 1. The number of carboxylic acids is 1. The Morgan fingerprint density at radius 2 is 1.72 bits per heavy atom. The number of Topliss-reactive ketones (excluding diaryl/α,β-unsaturated/α-hetero) is 1. The Bertz CT molecular complexity index is 1040. The van der Waals surface area contributed by atoms with Gasteiger partial charge in [-0.1, -0.05) is 68.4 Å². The van der Waals surface area contributed by atoms with E-state index in [0.717, 1.165) is 22.4 Å². The van der Waals surface area contributed by atoms with Crippen LogP contribution in [0, 0.1) is 5.92 Å². The summed E-state index contributed by atoms with van der Waals surface area (Å²) < 4.78 is 1.98. The van der Waals surface area contributed by atoms with Crippen LogP contribution in [0.25, 0.3) is 11.1 Å². The Morgan fingerprint density at radius 3 is 2.38 bits per heavy atom. The predicted molar refractivity (Wildman–Crippen MR) is 125 cm³/mol. The third-order valence-corrected chi connectivity index (χ3v) is 5.55. The van der Waals surface area contributed by atoms with Gasteiger partial charge in [0.2, 0.25) is 0 Å². The van der Waals surface area contributed by atoms with Gasteiger partial charge in [0.15, 0.2) is 0 Å². The molecule has 0 aliphatic rings. The second kappa shape index (κ2) is 10.9. The second-order valence-electron chi connectivity index (χ2n) is 8.59. The van der Waals surface area contributed by atoms with E-state index in [2.05, 4.69) is 34.6 Å². The number of aromatic nitrogens is 2. The summed E-state index contributed by atoms with van der Waals surface area (Å²) in [7, 11) is 0. The van der Waals surface area contributed by atoms with Crippen LogP contribution in [0.3, 0.4) is 0 Å². The van der Waals surface area contributed by atoms with Gasteiger partial charge >= 0.3 is 5.97 Å². The molecule has 2 unspecified atom stereocenters. The maximum Gasteiger partial charge on any atom is 0.321 e. The van der Waals surface area contributed by atoms with Crippen molar-refractivity contribution in [3.8, 4) is 11.1 Å². The van der Waals surface area contributed by atoms with Crippen molar-refractivity contribution in [2.24, 2.45) is 5.92 Å². The van der Waals surface area contributed by atoms with Crippen molar-refractivity contribution in [2.75, 3.05) is 0 Å². The molecule has 168 valence electrons. The van der Waals surface area contributed by atoms with Crippen LogP contribution in [-0.2, 0) is 22.6 Å².